The smallest absolute Gasteiger partial charge is 0.186 e. The highest BCUT2D eigenvalue weighted by Crippen LogP contribution is 2.25. The van der Waals surface area contributed by atoms with Crippen LogP contribution in [0.5, 0.6) is 0 Å². The van der Waals surface area contributed by atoms with Crippen molar-refractivity contribution in [2.24, 2.45) is 0 Å². The minimum atomic E-state index is -3.68. The Morgan fingerprint density at radius 1 is 1.21 bits per heavy atom. The molecule has 19 heavy (non-hydrogen) atoms. The lowest BCUT2D eigenvalue weighted by molar-refractivity contribution is 0.567. The molecule has 0 saturated heterocycles. The average Bonchev–Trinajstić information content (AvgIpc) is 2.75. The van der Waals surface area contributed by atoms with Gasteiger partial charge >= 0.3 is 0 Å². The quantitative estimate of drug-likeness (QED) is 0.883. The largest absolute Gasteiger partial charge is 0.399 e. The van der Waals surface area contributed by atoms with Gasteiger partial charge in [0.25, 0.3) is 0 Å². The third-order valence-corrected chi connectivity index (χ3v) is 5.79. The van der Waals surface area contributed by atoms with Gasteiger partial charge in [0.1, 0.15) is 10.7 Å². The molecule has 2 rings (SSSR count). The van der Waals surface area contributed by atoms with E-state index in [2.05, 4.69) is 0 Å². The standard InChI is InChI=1S/C13H14FNO2S2/c1-2-10-4-5-11(18-10)8-19(16,17)13-6-3-9(15)7-12(13)14/h3-7H,2,8,15H2,1H3. The second-order valence-electron chi connectivity index (χ2n) is 4.17. The van der Waals surface area contributed by atoms with Crippen molar-refractivity contribution < 1.29 is 12.8 Å². The Morgan fingerprint density at radius 3 is 2.47 bits per heavy atom. The van der Waals surface area contributed by atoms with Crippen LogP contribution in [0, 0.1) is 5.82 Å². The van der Waals surface area contributed by atoms with Gasteiger partial charge in [0, 0.05) is 15.4 Å². The zero-order chi connectivity index (χ0) is 14.0. The van der Waals surface area contributed by atoms with Gasteiger partial charge in [-0.15, -0.1) is 11.3 Å². The molecule has 1 aromatic heterocycles. The van der Waals surface area contributed by atoms with Gasteiger partial charge in [0.2, 0.25) is 0 Å². The summed E-state index contributed by atoms with van der Waals surface area (Å²) in [6.07, 6.45) is 0.862. The number of nitrogens with two attached hydrogens (primary N) is 1. The van der Waals surface area contributed by atoms with Crippen LogP contribution in [0.2, 0.25) is 0 Å². The summed E-state index contributed by atoms with van der Waals surface area (Å²) in [6.45, 7) is 2.00. The Morgan fingerprint density at radius 2 is 1.89 bits per heavy atom. The maximum atomic E-state index is 13.7. The topological polar surface area (TPSA) is 60.2 Å². The van der Waals surface area contributed by atoms with Crippen LogP contribution in [0.15, 0.2) is 35.2 Å². The Bertz CT molecular complexity index is 692. The Labute approximate surface area is 115 Å². The number of rotatable bonds is 4. The van der Waals surface area contributed by atoms with E-state index >= 15 is 0 Å². The Hall–Kier alpha value is -1.40. The number of halogens is 1. The number of aryl methyl sites for hydroxylation is 1. The summed E-state index contributed by atoms with van der Waals surface area (Å²) in [6, 6.07) is 7.31. The number of thiophene rings is 1. The summed E-state index contributed by atoms with van der Waals surface area (Å²) in [5.41, 5.74) is 5.62. The third kappa shape index (κ3) is 3.13. The minimum absolute atomic E-state index is 0.182. The van der Waals surface area contributed by atoms with Gasteiger partial charge in [-0.2, -0.15) is 0 Å². The van der Waals surface area contributed by atoms with E-state index in [4.69, 9.17) is 5.73 Å². The van der Waals surface area contributed by atoms with Crippen LogP contribution in [0.4, 0.5) is 10.1 Å². The fourth-order valence-electron chi connectivity index (χ4n) is 1.72. The maximum Gasteiger partial charge on any atom is 0.186 e. The SMILES string of the molecule is CCc1ccc(CS(=O)(=O)c2ccc(N)cc2F)s1. The number of hydrogen-bond donors (Lipinski definition) is 1. The van der Waals surface area contributed by atoms with Gasteiger partial charge in [-0.05, 0) is 36.8 Å². The van der Waals surface area contributed by atoms with E-state index in [1.165, 1.54) is 23.5 Å². The molecule has 0 saturated carbocycles. The van der Waals surface area contributed by atoms with Crippen molar-refractivity contribution >= 4 is 26.9 Å². The van der Waals surface area contributed by atoms with Gasteiger partial charge in [-0.3, -0.25) is 0 Å². The number of anilines is 1. The zero-order valence-corrected chi connectivity index (χ0v) is 12.0. The van der Waals surface area contributed by atoms with Crippen molar-refractivity contribution in [1.82, 2.24) is 0 Å². The molecule has 0 aliphatic heterocycles. The number of hydrogen-bond acceptors (Lipinski definition) is 4. The molecule has 3 nitrogen and oxygen atoms in total. The van der Waals surface area contributed by atoms with Crippen LogP contribution in [-0.4, -0.2) is 8.42 Å². The fourth-order valence-corrected chi connectivity index (χ4v) is 4.44. The summed E-state index contributed by atoms with van der Waals surface area (Å²) in [5.74, 6) is -0.981. The molecule has 6 heteroatoms. The molecule has 2 aromatic rings. The third-order valence-electron chi connectivity index (χ3n) is 2.69. The highest BCUT2D eigenvalue weighted by Gasteiger charge is 2.20. The molecular formula is C13H14FNO2S2. The number of benzene rings is 1. The van der Waals surface area contributed by atoms with Crippen LogP contribution < -0.4 is 5.73 Å². The van der Waals surface area contributed by atoms with E-state index in [0.29, 0.717) is 4.88 Å². The molecule has 2 N–H and O–H groups in total. The van der Waals surface area contributed by atoms with Crippen molar-refractivity contribution in [3.05, 3.63) is 45.9 Å². The lowest BCUT2D eigenvalue weighted by Gasteiger charge is -2.05. The fraction of sp³-hybridized carbons (Fsp3) is 0.231. The normalized spacial score (nSPS) is 11.7. The van der Waals surface area contributed by atoms with E-state index in [0.717, 1.165) is 17.4 Å². The van der Waals surface area contributed by atoms with Crippen molar-refractivity contribution in [2.45, 2.75) is 24.0 Å². The summed E-state index contributed by atoms with van der Waals surface area (Å²) in [7, 11) is -3.68. The predicted octanol–water partition coefficient (Wildman–Crippen LogP) is 3.01. The molecule has 102 valence electrons. The van der Waals surface area contributed by atoms with E-state index in [9.17, 15) is 12.8 Å². The Kier molecular flexibility index (Phi) is 3.91. The molecule has 0 atom stereocenters. The van der Waals surface area contributed by atoms with Crippen molar-refractivity contribution in [3.63, 3.8) is 0 Å². The predicted molar refractivity (Wildman–Crippen MR) is 75.4 cm³/mol. The first kappa shape index (κ1) is 14.0. The molecule has 0 radical (unpaired) electrons. The lowest BCUT2D eigenvalue weighted by Crippen LogP contribution is -2.06. The molecule has 0 bridgehead atoms. The van der Waals surface area contributed by atoms with Gasteiger partial charge < -0.3 is 5.73 Å². The van der Waals surface area contributed by atoms with Crippen LogP contribution >= 0.6 is 11.3 Å². The zero-order valence-electron chi connectivity index (χ0n) is 10.4. The van der Waals surface area contributed by atoms with Crippen LogP contribution in [0.1, 0.15) is 16.7 Å². The molecule has 1 aromatic carbocycles. The van der Waals surface area contributed by atoms with Gasteiger partial charge in [0.05, 0.1) is 5.75 Å². The van der Waals surface area contributed by atoms with E-state index in [-0.39, 0.29) is 16.3 Å². The lowest BCUT2D eigenvalue weighted by atomic mass is 10.3. The molecule has 0 aliphatic carbocycles. The summed E-state index contributed by atoms with van der Waals surface area (Å²) in [4.78, 5) is 1.53. The second-order valence-corrected chi connectivity index (χ2v) is 7.38. The van der Waals surface area contributed by atoms with Crippen molar-refractivity contribution in [2.75, 3.05) is 5.73 Å². The highest BCUT2D eigenvalue weighted by atomic mass is 32.2. The summed E-state index contributed by atoms with van der Waals surface area (Å²) >= 11 is 1.44. The van der Waals surface area contributed by atoms with Gasteiger partial charge in [-0.25, -0.2) is 12.8 Å². The van der Waals surface area contributed by atoms with E-state index in [1.807, 2.05) is 13.0 Å². The van der Waals surface area contributed by atoms with Crippen molar-refractivity contribution in [1.29, 1.82) is 0 Å². The van der Waals surface area contributed by atoms with Gasteiger partial charge in [-0.1, -0.05) is 6.92 Å². The average molecular weight is 299 g/mol. The second kappa shape index (κ2) is 5.30. The first-order valence-electron chi connectivity index (χ1n) is 5.77. The number of nitrogen functional groups attached to an aromatic ring is 1. The summed E-state index contributed by atoms with van der Waals surface area (Å²) in [5, 5.41) is 0. The first-order valence-corrected chi connectivity index (χ1v) is 8.24. The van der Waals surface area contributed by atoms with Crippen LogP contribution in [0.3, 0.4) is 0 Å². The number of sulfone groups is 1. The minimum Gasteiger partial charge on any atom is -0.399 e. The maximum absolute atomic E-state index is 13.7. The van der Waals surface area contributed by atoms with Crippen molar-refractivity contribution in [3.8, 4) is 0 Å². The van der Waals surface area contributed by atoms with Crippen LogP contribution in [-0.2, 0) is 22.0 Å². The molecule has 0 unspecified atom stereocenters. The van der Waals surface area contributed by atoms with E-state index in [1.54, 1.807) is 6.07 Å². The summed E-state index contributed by atoms with van der Waals surface area (Å²) < 4.78 is 38.0. The molecule has 1 heterocycles. The Balaban J connectivity index is 2.32. The molecule has 0 fully saturated rings. The van der Waals surface area contributed by atoms with Crippen LogP contribution in [0.25, 0.3) is 0 Å². The molecule has 0 aliphatic rings. The van der Waals surface area contributed by atoms with Gasteiger partial charge in [0.15, 0.2) is 9.84 Å². The monoisotopic (exact) mass is 299 g/mol. The first-order chi connectivity index (χ1) is 8.92. The molecular weight excluding hydrogens is 285 g/mol. The molecule has 0 amide bonds. The highest BCUT2D eigenvalue weighted by molar-refractivity contribution is 7.90. The van der Waals surface area contributed by atoms with E-state index < -0.39 is 15.7 Å². The molecule has 0 spiro atoms.